The number of piperazine rings is 1. The van der Waals surface area contributed by atoms with Gasteiger partial charge >= 0.3 is 0 Å². The Morgan fingerprint density at radius 1 is 1.06 bits per heavy atom. The predicted octanol–water partition coefficient (Wildman–Crippen LogP) is 1.95. The maximum Gasteiger partial charge on any atom is 0.267 e. The molecule has 1 fully saturated rings. The van der Waals surface area contributed by atoms with Gasteiger partial charge in [-0.3, -0.25) is 9.59 Å². The normalized spacial score (nSPS) is 15.1. The number of aryl methyl sites for hydroxylation is 1. The highest BCUT2D eigenvalue weighted by molar-refractivity contribution is 7.89. The van der Waals surface area contributed by atoms with Gasteiger partial charge in [0, 0.05) is 37.1 Å². The molecule has 8 nitrogen and oxygen atoms in total. The highest BCUT2D eigenvalue weighted by atomic mass is 32.2. The molecule has 0 aliphatic carbocycles. The average Bonchev–Trinajstić information content (AvgIpc) is 3.22. The van der Waals surface area contributed by atoms with Gasteiger partial charge in [0.15, 0.2) is 0 Å². The first-order chi connectivity index (χ1) is 15.3. The fraction of sp³-hybridized carbons (Fsp3) is 0.286. The molecule has 0 saturated carbocycles. The Morgan fingerprint density at radius 2 is 1.78 bits per heavy atom. The molecule has 0 unspecified atom stereocenters. The van der Waals surface area contributed by atoms with Gasteiger partial charge in [0.2, 0.25) is 15.9 Å². The summed E-state index contributed by atoms with van der Waals surface area (Å²) in [5.41, 5.74) is 0.215. The fourth-order valence-electron chi connectivity index (χ4n) is 3.46. The van der Waals surface area contributed by atoms with E-state index in [4.69, 9.17) is 0 Å². The molecule has 1 aromatic carbocycles. The van der Waals surface area contributed by atoms with E-state index in [-0.39, 0.29) is 43.5 Å². The van der Waals surface area contributed by atoms with Gasteiger partial charge in [-0.25, -0.2) is 17.5 Å². The van der Waals surface area contributed by atoms with Gasteiger partial charge in [0.25, 0.3) is 5.56 Å². The SMILES string of the molecule is Cc1ccc(-c2ccc(=O)n(CC(=O)N3CCN(S(=O)(=O)c4ccccc4F)CC3)n2)s1. The number of sulfonamides is 1. The standard InChI is InChI=1S/C21H21FN4O4S2/c1-15-6-8-18(31-15)17-7-9-20(27)26(23-17)14-21(28)24-10-12-25(13-11-24)32(29,30)19-5-3-2-4-16(19)22/h2-9H,10-14H2,1H3. The summed E-state index contributed by atoms with van der Waals surface area (Å²) in [6.45, 7) is 2.10. The smallest absolute Gasteiger partial charge is 0.267 e. The van der Waals surface area contributed by atoms with Crippen LogP contribution in [0.15, 0.2) is 58.2 Å². The second-order valence-electron chi connectivity index (χ2n) is 7.34. The molecule has 0 atom stereocenters. The second kappa shape index (κ2) is 8.93. The van der Waals surface area contributed by atoms with Gasteiger partial charge in [-0.15, -0.1) is 11.3 Å². The molecule has 3 heterocycles. The maximum atomic E-state index is 14.0. The number of aromatic nitrogens is 2. The van der Waals surface area contributed by atoms with E-state index in [0.717, 1.165) is 20.5 Å². The van der Waals surface area contributed by atoms with Crippen molar-refractivity contribution in [3.8, 4) is 10.6 Å². The number of hydrogen-bond acceptors (Lipinski definition) is 6. The molecular formula is C21H21FN4O4S2. The van der Waals surface area contributed by atoms with Crippen LogP contribution in [0.3, 0.4) is 0 Å². The van der Waals surface area contributed by atoms with Crippen LogP contribution in [0.5, 0.6) is 0 Å². The van der Waals surface area contributed by atoms with Crippen LogP contribution in [0, 0.1) is 12.7 Å². The average molecular weight is 477 g/mol. The molecule has 2 aromatic heterocycles. The quantitative estimate of drug-likeness (QED) is 0.561. The molecule has 11 heteroatoms. The highest BCUT2D eigenvalue weighted by Crippen LogP contribution is 2.25. The zero-order valence-corrected chi connectivity index (χ0v) is 18.9. The van der Waals surface area contributed by atoms with Gasteiger partial charge in [0.05, 0.1) is 4.88 Å². The second-order valence-corrected chi connectivity index (χ2v) is 10.5. The summed E-state index contributed by atoms with van der Waals surface area (Å²) >= 11 is 1.54. The molecule has 1 saturated heterocycles. The van der Waals surface area contributed by atoms with Gasteiger partial charge in [-0.05, 0) is 37.3 Å². The summed E-state index contributed by atoms with van der Waals surface area (Å²) in [4.78, 5) is 28.1. The van der Waals surface area contributed by atoms with Gasteiger partial charge < -0.3 is 4.90 Å². The Bertz CT molecular complexity index is 1310. The topological polar surface area (TPSA) is 92.6 Å². The zero-order valence-electron chi connectivity index (χ0n) is 17.3. The molecule has 1 aliphatic rings. The minimum Gasteiger partial charge on any atom is -0.338 e. The Labute approximate surface area is 188 Å². The van der Waals surface area contributed by atoms with Crippen molar-refractivity contribution in [2.75, 3.05) is 26.2 Å². The number of amides is 1. The first kappa shape index (κ1) is 22.3. The number of carbonyl (C=O) groups excluding carboxylic acids is 1. The molecular weight excluding hydrogens is 455 g/mol. The van der Waals surface area contributed by atoms with Crippen molar-refractivity contribution in [1.82, 2.24) is 19.0 Å². The maximum absolute atomic E-state index is 14.0. The minimum absolute atomic E-state index is 0.0409. The molecule has 0 N–H and O–H groups in total. The minimum atomic E-state index is -3.99. The summed E-state index contributed by atoms with van der Waals surface area (Å²) in [5, 5.41) is 4.31. The molecule has 1 amide bonds. The van der Waals surface area contributed by atoms with Crippen LogP contribution in [0.2, 0.25) is 0 Å². The van der Waals surface area contributed by atoms with Crippen LogP contribution in [-0.2, 0) is 21.4 Å². The lowest BCUT2D eigenvalue weighted by molar-refractivity contribution is -0.133. The van der Waals surface area contributed by atoms with Crippen molar-refractivity contribution < 1.29 is 17.6 Å². The highest BCUT2D eigenvalue weighted by Gasteiger charge is 2.31. The van der Waals surface area contributed by atoms with Crippen LogP contribution in [-0.4, -0.2) is 59.5 Å². The van der Waals surface area contributed by atoms with Crippen molar-refractivity contribution in [2.45, 2.75) is 18.4 Å². The van der Waals surface area contributed by atoms with E-state index in [1.165, 1.54) is 33.5 Å². The lowest BCUT2D eigenvalue weighted by atomic mass is 10.3. The van der Waals surface area contributed by atoms with Crippen molar-refractivity contribution >= 4 is 27.3 Å². The predicted molar refractivity (Wildman–Crippen MR) is 118 cm³/mol. The van der Waals surface area contributed by atoms with Gasteiger partial charge in [-0.2, -0.15) is 9.40 Å². The molecule has 1 aliphatic heterocycles. The number of hydrogen-bond donors (Lipinski definition) is 0. The number of benzene rings is 1. The van der Waals surface area contributed by atoms with Crippen LogP contribution in [0.4, 0.5) is 4.39 Å². The summed E-state index contributed by atoms with van der Waals surface area (Å²) in [7, 11) is -3.99. The van der Waals surface area contributed by atoms with E-state index in [1.807, 2.05) is 19.1 Å². The number of thiophene rings is 1. The molecule has 4 rings (SSSR count). The van der Waals surface area contributed by atoms with Crippen molar-refractivity contribution in [2.24, 2.45) is 0 Å². The van der Waals surface area contributed by atoms with Crippen LogP contribution in [0.1, 0.15) is 4.88 Å². The lowest BCUT2D eigenvalue weighted by Gasteiger charge is -2.34. The fourth-order valence-corrected chi connectivity index (χ4v) is 5.78. The Hall–Kier alpha value is -2.89. The largest absolute Gasteiger partial charge is 0.338 e. The summed E-state index contributed by atoms with van der Waals surface area (Å²) in [6, 6.07) is 12.1. The van der Waals surface area contributed by atoms with Crippen LogP contribution < -0.4 is 5.56 Å². The summed E-state index contributed by atoms with van der Waals surface area (Å²) < 4.78 is 41.7. The van der Waals surface area contributed by atoms with E-state index < -0.39 is 21.4 Å². The van der Waals surface area contributed by atoms with E-state index in [1.54, 1.807) is 17.4 Å². The van der Waals surface area contributed by atoms with E-state index >= 15 is 0 Å². The lowest BCUT2D eigenvalue weighted by Crippen LogP contribution is -2.51. The molecule has 3 aromatic rings. The Morgan fingerprint density at radius 3 is 2.44 bits per heavy atom. The molecule has 0 bridgehead atoms. The van der Waals surface area contributed by atoms with Crippen molar-refractivity contribution in [3.05, 3.63) is 69.6 Å². The first-order valence-electron chi connectivity index (χ1n) is 9.93. The number of halogens is 1. The summed E-state index contributed by atoms with van der Waals surface area (Å²) in [5.74, 6) is -1.14. The molecule has 0 radical (unpaired) electrons. The Balaban J connectivity index is 1.43. The van der Waals surface area contributed by atoms with Crippen molar-refractivity contribution in [3.63, 3.8) is 0 Å². The van der Waals surface area contributed by atoms with Crippen molar-refractivity contribution in [1.29, 1.82) is 0 Å². The van der Waals surface area contributed by atoms with E-state index in [0.29, 0.717) is 5.69 Å². The first-order valence-corrected chi connectivity index (χ1v) is 12.2. The third-order valence-corrected chi connectivity index (χ3v) is 8.15. The molecule has 32 heavy (non-hydrogen) atoms. The van der Waals surface area contributed by atoms with E-state index in [2.05, 4.69) is 5.10 Å². The summed E-state index contributed by atoms with van der Waals surface area (Å²) in [6.07, 6.45) is 0. The third-order valence-electron chi connectivity index (χ3n) is 5.19. The molecule has 168 valence electrons. The monoisotopic (exact) mass is 476 g/mol. The zero-order chi connectivity index (χ0) is 22.9. The number of carbonyl (C=O) groups is 1. The third kappa shape index (κ3) is 4.50. The van der Waals surface area contributed by atoms with Crippen LogP contribution >= 0.6 is 11.3 Å². The Kier molecular flexibility index (Phi) is 6.22. The number of nitrogens with zero attached hydrogens (tertiary/aromatic N) is 4. The van der Waals surface area contributed by atoms with Gasteiger partial charge in [0.1, 0.15) is 23.0 Å². The molecule has 0 spiro atoms. The number of rotatable bonds is 5. The van der Waals surface area contributed by atoms with Crippen LogP contribution in [0.25, 0.3) is 10.6 Å². The van der Waals surface area contributed by atoms with Gasteiger partial charge in [-0.1, -0.05) is 12.1 Å². The van der Waals surface area contributed by atoms with E-state index in [9.17, 15) is 22.4 Å².